The minimum Gasteiger partial charge on any atom is -0.357 e. The molecule has 0 saturated carbocycles. The highest BCUT2D eigenvalue weighted by molar-refractivity contribution is 6.01. The summed E-state index contributed by atoms with van der Waals surface area (Å²) >= 11 is 0. The summed E-state index contributed by atoms with van der Waals surface area (Å²) in [6, 6.07) is 5.91. The van der Waals surface area contributed by atoms with Gasteiger partial charge < -0.3 is 10.6 Å². The second-order valence-corrected chi connectivity index (χ2v) is 5.42. The molecule has 0 radical (unpaired) electrons. The first-order valence-electron chi connectivity index (χ1n) is 5.75. The molecule has 90 valence electrons. The van der Waals surface area contributed by atoms with Crippen LogP contribution in [0.4, 0.5) is 5.69 Å². The van der Waals surface area contributed by atoms with Crippen LogP contribution in [0.3, 0.4) is 0 Å². The van der Waals surface area contributed by atoms with Crippen molar-refractivity contribution in [3.05, 3.63) is 41.6 Å². The summed E-state index contributed by atoms with van der Waals surface area (Å²) in [5.74, 6) is -0.0494. The van der Waals surface area contributed by atoms with Gasteiger partial charge in [-0.25, -0.2) is 0 Å². The fourth-order valence-electron chi connectivity index (χ4n) is 1.83. The lowest BCUT2D eigenvalue weighted by Crippen LogP contribution is -2.23. The predicted molar refractivity (Wildman–Crippen MR) is 70.2 cm³/mol. The van der Waals surface area contributed by atoms with Crippen molar-refractivity contribution in [1.29, 1.82) is 0 Å². The van der Waals surface area contributed by atoms with E-state index in [4.69, 9.17) is 0 Å². The first-order valence-corrected chi connectivity index (χ1v) is 5.75. The van der Waals surface area contributed by atoms with E-state index in [9.17, 15) is 4.79 Å². The number of benzene rings is 1. The molecule has 1 aromatic rings. The van der Waals surface area contributed by atoms with Gasteiger partial charge in [0.05, 0.1) is 17.8 Å². The molecule has 3 nitrogen and oxygen atoms in total. The molecule has 1 heterocycles. The van der Waals surface area contributed by atoms with Crippen LogP contribution >= 0.6 is 0 Å². The van der Waals surface area contributed by atoms with Crippen LogP contribution in [-0.2, 0) is 5.41 Å². The topological polar surface area (TPSA) is 41.1 Å². The molecule has 0 atom stereocenters. The van der Waals surface area contributed by atoms with Crippen molar-refractivity contribution in [2.45, 2.75) is 26.2 Å². The monoisotopic (exact) mass is 230 g/mol. The summed E-state index contributed by atoms with van der Waals surface area (Å²) < 4.78 is 0. The smallest absolute Gasteiger partial charge is 0.253 e. The molecule has 0 aromatic heterocycles. The van der Waals surface area contributed by atoms with Gasteiger partial charge in [-0.3, -0.25) is 4.79 Å². The van der Waals surface area contributed by atoms with Crippen LogP contribution in [0, 0.1) is 0 Å². The molecule has 0 saturated heterocycles. The lowest BCUT2D eigenvalue weighted by Gasteiger charge is -2.20. The second-order valence-electron chi connectivity index (χ2n) is 5.42. The van der Waals surface area contributed by atoms with Gasteiger partial charge >= 0.3 is 0 Å². The summed E-state index contributed by atoms with van der Waals surface area (Å²) in [6.45, 7) is 10.8. The molecule has 1 aliphatic rings. The van der Waals surface area contributed by atoms with Crippen LogP contribution in [0.15, 0.2) is 30.5 Å². The number of hydrogen-bond donors (Lipinski definition) is 2. The Morgan fingerprint density at radius 2 is 2.00 bits per heavy atom. The van der Waals surface area contributed by atoms with Crippen molar-refractivity contribution in [3.8, 4) is 0 Å². The third kappa shape index (κ3) is 2.33. The first kappa shape index (κ1) is 11.7. The third-order valence-electron chi connectivity index (χ3n) is 2.90. The average molecular weight is 230 g/mol. The van der Waals surface area contributed by atoms with Crippen LogP contribution < -0.4 is 10.6 Å². The van der Waals surface area contributed by atoms with E-state index in [1.807, 2.05) is 18.2 Å². The van der Waals surface area contributed by atoms with Gasteiger partial charge in [-0.15, -0.1) is 0 Å². The fraction of sp³-hybridized carbons (Fsp3) is 0.357. The number of nitrogens with one attached hydrogen (secondary N) is 2. The molecule has 0 spiro atoms. The van der Waals surface area contributed by atoms with E-state index in [2.05, 4.69) is 38.0 Å². The van der Waals surface area contributed by atoms with Gasteiger partial charge in [0.15, 0.2) is 0 Å². The Balaban J connectivity index is 2.50. The zero-order valence-electron chi connectivity index (χ0n) is 10.6. The third-order valence-corrected chi connectivity index (χ3v) is 2.90. The van der Waals surface area contributed by atoms with Gasteiger partial charge in [0.25, 0.3) is 5.91 Å². The molecule has 1 amide bonds. The molecule has 1 aromatic carbocycles. The Morgan fingerprint density at radius 3 is 2.65 bits per heavy atom. The van der Waals surface area contributed by atoms with Crippen molar-refractivity contribution in [1.82, 2.24) is 5.32 Å². The Hall–Kier alpha value is -1.77. The van der Waals surface area contributed by atoms with Crippen molar-refractivity contribution >= 4 is 11.6 Å². The second kappa shape index (κ2) is 3.91. The van der Waals surface area contributed by atoms with Crippen molar-refractivity contribution < 1.29 is 4.79 Å². The van der Waals surface area contributed by atoms with Crippen molar-refractivity contribution in [2.75, 3.05) is 11.9 Å². The number of carbonyl (C=O) groups is 1. The maximum atomic E-state index is 11.8. The van der Waals surface area contributed by atoms with E-state index in [1.165, 1.54) is 5.56 Å². The Kier molecular flexibility index (Phi) is 2.69. The number of carbonyl (C=O) groups excluding carboxylic acids is 1. The summed E-state index contributed by atoms with van der Waals surface area (Å²) in [5.41, 5.74) is 3.60. The van der Waals surface area contributed by atoms with E-state index in [1.54, 1.807) is 0 Å². The van der Waals surface area contributed by atoms with E-state index in [-0.39, 0.29) is 11.3 Å². The molecule has 0 aliphatic carbocycles. The van der Waals surface area contributed by atoms with Crippen molar-refractivity contribution in [2.24, 2.45) is 0 Å². The molecule has 1 aliphatic heterocycles. The minimum absolute atomic E-state index is 0.0494. The highest BCUT2D eigenvalue weighted by atomic mass is 16.1. The van der Waals surface area contributed by atoms with Gasteiger partial charge in [0.1, 0.15) is 0 Å². The Morgan fingerprint density at radius 1 is 1.29 bits per heavy atom. The van der Waals surface area contributed by atoms with Crippen LogP contribution in [0.5, 0.6) is 0 Å². The Bertz CT molecular complexity index is 483. The molecule has 2 rings (SSSR count). The minimum atomic E-state index is -0.0494. The number of amides is 1. The van der Waals surface area contributed by atoms with Crippen LogP contribution in [0.2, 0.25) is 0 Å². The standard InChI is InChI=1S/C14H18N2O/c1-9-8-15-13(17)11-6-5-10(14(2,3)4)7-12(11)16-9/h5-7,16H,1,8H2,2-4H3,(H,15,17). The van der Waals surface area contributed by atoms with Gasteiger partial charge in [-0.2, -0.15) is 0 Å². The average Bonchev–Trinajstić information content (AvgIpc) is 2.37. The largest absolute Gasteiger partial charge is 0.357 e. The number of fused-ring (bicyclic) bond motifs is 1. The van der Waals surface area contributed by atoms with Crippen molar-refractivity contribution in [3.63, 3.8) is 0 Å². The first-order chi connectivity index (χ1) is 7.88. The number of anilines is 1. The van der Waals surface area contributed by atoms with E-state index in [0.717, 1.165) is 11.4 Å². The maximum Gasteiger partial charge on any atom is 0.253 e. The zero-order chi connectivity index (χ0) is 12.6. The fourth-order valence-corrected chi connectivity index (χ4v) is 1.83. The molecule has 17 heavy (non-hydrogen) atoms. The normalized spacial score (nSPS) is 15.7. The Labute approximate surface area is 102 Å². The van der Waals surface area contributed by atoms with Gasteiger partial charge in [-0.1, -0.05) is 33.4 Å². The van der Waals surface area contributed by atoms with E-state index < -0.39 is 0 Å². The van der Waals surface area contributed by atoms with Crippen LogP contribution in [-0.4, -0.2) is 12.5 Å². The zero-order valence-corrected chi connectivity index (χ0v) is 10.6. The number of hydrogen-bond acceptors (Lipinski definition) is 2. The molecule has 0 fully saturated rings. The summed E-state index contributed by atoms with van der Waals surface area (Å²) in [4.78, 5) is 11.8. The maximum absolute atomic E-state index is 11.8. The molecular weight excluding hydrogens is 212 g/mol. The molecule has 2 N–H and O–H groups in total. The number of rotatable bonds is 0. The SMILES string of the molecule is C=C1CNC(=O)c2ccc(C(C)(C)C)cc2N1. The molecule has 3 heteroatoms. The van der Waals surface area contributed by atoms with Gasteiger partial charge in [0, 0.05) is 5.70 Å². The van der Waals surface area contributed by atoms with E-state index in [0.29, 0.717) is 12.1 Å². The highest BCUT2D eigenvalue weighted by Crippen LogP contribution is 2.28. The quantitative estimate of drug-likeness (QED) is 0.719. The van der Waals surface area contributed by atoms with Gasteiger partial charge in [-0.05, 0) is 23.1 Å². The summed E-state index contributed by atoms with van der Waals surface area (Å²) in [5, 5.41) is 6.00. The predicted octanol–water partition coefficient (Wildman–Crippen LogP) is 2.65. The summed E-state index contributed by atoms with van der Waals surface area (Å²) in [7, 11) is 0. The lowest BCUT2D eigenvalue weighted by atomic mass is 9.86. The van der Waals surface area contributed by atoms with Crippen LogP contribution in [0.25, 0.3) is 0 Å². The molecule has 0 unspecified atom stereocenters. The molecule has 0 bridgehead atoms. The van der Waals surface area contributed by atoms with E-state index >= 15 is 0 Å². The van der Waals surface area contributed by atoms with Gasteiger partial charge in [0.2, 0.25) is 0 Å². The lowest BCUT2D eigenvalue weighted by molar-refractivity contribution is 0.0959. The summed E-state index contributed by atoms with van der Waals surface area (Å²) in [6.07, 6.45) is 0. The highest BCUT2D eigenvalue weighted by Gasteiger charge is 2.20. The molecular formula is C14H18N2O. The van der Waals surface area contributed by atoms with Crippen LogP contribution in [0.1, 0.15) is 36.7 Å².